The molecular weight excluding hydrogens is 188 g/mol. The number of ether oxygens (including phenoxy) is 1. The maximum atomic E-state index is 10.4. The third-order valence-electron chi connectivity index (χ3n) is 3.82. The normalized spacial score (nSPS) is 30.8. The first-order chi connectivity index (χ1) is 6.68. The molecule has 0 aromatic carbocycles. The first-order valence-electron chi connectivity index (χ1n) is 5.96. The molecule has 1 aliphatic rings. The van der Waals surface area contributed by atoms with Crippen LogP contribution in [0.4, 0.5) is 0 Å². The summed E-state index contributed by atoms with van der Waals surface area (Å²) in [6.07, 6.45) is 4.80. The molecule has 1 unspecified atom stereocenters. The van der Waals surface area contributed by atoms with Gasteiger partial charge in [0.15, 0.2) is 0 Å². The van der Waals surface area contributed by atoms with E-state index in [1.165, 1.54) is 0 Å². The van der Waals surface area contributed by atoms with Crippen molar-refractivity contribution in [3.63, 3.8) is 0 Å². The van der Waals surface area contributed by atoms with Gasteiger partial charge in [0.1, 0.15) is 0 Å². The highest BCUT2D eigenvalue weighted by atomic mass is 16.5. The number of methoxy groups -OCH3 is 1. The standard InChI is InChI=1S/C13H26O2/c1-11(2)6-8-13(14,10-11)9-7-12(3,4)15-5/h14H,6-10H2,1-5H3. The molecule has 0 heterocycles. The minimum absolute atomic E-state index is 0.109. The van der Waals surface area contributed by atoms with E-state index < -0.39 is 5.60 Å². The summed E-state index contributed by atoms with van der Waals surface area (Å²) < 4.78 is 5.38. The molecule has 90 valence electrons. The van der Waals surface area contributed by atoms with Crippen molar-refractivity contribution in [3.8, 4) is 0 Å². The molecule has 1 fully saturated rings. The van der Waals surface area contributed by atoms with Crippen LogP contribution in [0.3, 0.4) is 0 Å². The summed E-state index contributed by atoms with van der Waals surface area (Å²) in [5, 5.41) is 10.4. The van der Waals surface area contributed by atoms with Crippen molar-refractivity contribution in [1.82, 2.24) is 0 Å². The highest BCUT2D eigenvalue weighted by Gasteiger charge is 2.42. The van der Waals surface area contributed by atoms with Crippen molar-refractivity contribution >= 4 is 0 Å². The molecule has 1 atom stereocenters. The van der Waals surface area contributed by atoms with Gasteiger partial charge in [-0.2, -0.15) is 0 Å². The van der Waals surface area contributed by atoms with E-state index in [1.807, 2.05) is 0 Å². The van der Waals surface area contributed by atoms with Crippen molar-refractivity contribution < 1.29 is 9.84 Å². The Morgan fingerprint density at radius 1 is 1.27 bits per heavy atom. The van der Waals surface area contributed by atoms with Gasteiger partial charge in [-0.1, -0.05) is 13.8 Å². The van der Waals surface area contributed by atoms with Gasteiger partial charge < -0.3 is 9.84 Å². The van der Waals surface area contributed by atoms with Crippen LogP contribution < -0.4 is 0 Å². The second-order valence-electron chi connectivity index (χ2n) is 6.53. The van der Waals surface area contributed by atoms with E-state index in [4.69, 9.17) is 4.74 Å². The summed E-state index contributed by atoms with van der Waals surface area (Å²) in [7, 11) is 1.74. The van der Waals surface area contributed by atoms with Crippen LogP contribution in [0.15, 0.2) is 0 Å². The summed E-state index contributed by atoms with van der Waals surface area (Å²) in [5.74, 6) is 0. The Bertz CT molecular complexity index is 221. The first kappa shape index (κ1) is 13.0. The SMILES string of the molecule is COC(C)(C)CCC1(O)CCC(C)(C)C1. The average Bonchev–Trinajstić information content (AvgIpc) is 2.39. The van der Waals surface area contributed by atoms with Gasteiger partial charge in [-0.05, 0) is 51.4 Å². The third-order valence-corrected chi connectivity index (χ3v) is 3.82. The summed E-state index contributed by atoms with van der Waals surface area (Å²) >= 11 is 0. The minimum Gasteiger partial charge on any atom is -0.390 e. The summed E-state index contributed by atoms with van der Waals surface area (Å²) in [6.45, 7) is 8.64. The van der Waals surface area contributed by atoms with Crippen LogP contribution in [-0.4, -0.2) is 23.4 Å². The van der Waals surface area contributed by atoms with E-state index in [0.29, 0.717) is 5.41 Å². The molecule has 1 saturated carbocycles. The predicted octanol–water partition coefficient (Wildman–Crippen LogP) is 3.13. The number of hydrogen-bond donors (Lipinski definition) is 1. The Morgan fingerprint density at radius 2 is 1.87 bits per heavy atom. The van der Waals surface area contributed by atoms with Crippen molar-refractivity contribution in [3.05, 3.63) is 0 Å². The van der Waals surface area contributed by atoms with Crippen LogP contribution in [0.1, 0.15) is 59.8 Å². The van der Waals surface area contributed by atoms with E-state index in [1.54, 1.807) is 7.11 Å². The first-order valence-corrected chi connectivity index (χ1v) is 5.96. The summed E-state index contributed by atoms with van der Waals surface area (Å²) in [4.78, 5) is 0. The van der Waals surface area contributed by atoms with Crippen molar-refractivity contribution in [2.24, 2.45) is 5.41 Å². The zero-order valence-corrected chi connectivity index (χ0v) is 10.9. The van der Waals surface area contributed by atoms with Crippen LogP contribution in [-0.2, 0) is 4.74 Å². The van der Waals surface area contributed by atoms with Gasteiger partial charge in [0.05, 0.1) is 11.2 Å². The predicted molar refractivity (Wildman–Crippen MR) is 62.9 cm³/mol. The Hall–Kier alpha value is -0.0800. The highest BCUT2D eigenvalue weighted by molar-refractivity contribution is 4.94. The van der Waals surface area contributed by atoms with E-state index in [9.17, 15) is 5.11 Å². The summed E-state index contributed by atoms with van der Waals surface area (Å²) in [5.41, 5.74) is -0.242. The van der Waals surface area contributed by atoms with E-state index >= 15 is 0 Å². The van der Waals surface area contributed by atoms with Crippen LogP contribution >= 0.6 is 0 Å². The van der Waals surface area contributed by atoms with Crippen LogP contribution in [0, 0.1) is 5.41 Å². The molecule has 0 amide bonds. The number of aliphatic hydroxyl groups is 1. The molecule has 1 aliphatic carbocycles. The van der Waals surface area contributed by atoms with Gasteiger partial charge in [0, 0.05) is 7.11 Å². The molecule has 0 aromatic rings. The topological polar surface area (TPSA) is 29.5 Å². The van der Waals surface area contributed by atoms with Gasteiger partial charge in [0.2, 0.25) is 0 Å². The zero-order chi connectivity index (χ0) is 11.7. The van der Waals surface area contributed by atoms with Crippen molar-refractivity contribution in [2.75, 3.05) is 7.11 Å². The fraction of sp³-hybridized carbons (Fsp3) is 1.00. The van der Waals surface area contributed by atoms with Crippen LogP contribution in [0.5, 0.6) is 0 Å². The number of hydrogen-bond acceptors (Lipinski definition) is 2. The van der Waals surface area contributed by atoms with E-state index in [0.717, 1.165) is 32.1 Å². The molecule has 2 heteroatoms. The molecule has 0 aromatic heterocycles. The molecule has 2 nitrogen and oxygen atoms in total. The lowest BCUT2D eigenvalue weighted by Gasteiger charge is -2.30. The van der Waals surface area contributed by atoms with Crippen molar-refractivity contribution in [2.45, 2.75) is 71.0 Å². The van der Waals surface area contributed by atoms with Crippen molar-refractivity contribution in [1.29, 1.82) is 0 Å². The molecule has 0 saturated heterocycles. The molecule has 0 bridgehead atoms. The lowest BCUT2D eigenvalue weighted by Crippen LogP contribution is -2.31. The largest absolute Gasteiger partial charge is 0.390 e. The lowest BCUT2D eigenvalue weighted by atomic mass is 9.85. The number of rotatable bonds is 4. The maximum Gasteiger partial charge on any atom is 0.0654 e. The Balaban J connectivity index is 2.46. The molecule has 0 aliphatic heterocycles. The van der Waals surface area contributed by atoms with Gasteiger partial charge in [0.25, 0.3) is 0 Å². The lowest BCUT2D eigenvalue weighted by molar-refractivity contribution is -0.0269. The second kappa shape index (κ2) is 4.06. The maximum absolute atomic E-state index is 10.4. The molecule has 15 heavy (non-hydrogen) atoms. The fourth-order valence-electron chi connectivity index (χ4n) is 2.49. The Kier molecular flexibility index (Phi) is 3.52. The molecular formula is C13H26O2. The Morgan fingerprint density at radius 3 is 2.27 bits per heavy atom. The monoisotopic (exact) mass is 214 g/mol. The quantitative estimate of drug-likeness (QED) is 0.779. The second-order valence-corrected chi connectivity index (χ2v) is 6.53. The summed E-state index contributed by atoms with van der Waals surface area (Å²) in [6, 6.07) is 0. The smallest absolute Gasteiger partial charge is 0.0654 e. The molecule has 1 N–H and O–H groups in total. The van der Waals surface area contributed by atoms with Gasteiger partial charge in [-0.15, -0.1) is 0 Å². The minimum atomic E-state index is -0.445. The van der Waals surface area contributed by atoms with E-state index in [2.05, 4.69) is 27.7 Å². The van der Waals surface area contributed by atoms with Gasteiger partial charge in [-0.25, -0.2) is 0 Å². The average molecular weight is 214 g/mol. The van der Waals surface area contributed by atoms with Crippen LogP contribution in [0.2, 0.25) is 0 Å². The van der Waals surface area contributed by atoms with Crippen LogP contribution in [0.25, 0.3) is 0 Å². The highest BCUT2D eigenvalue weighted by Crippen LogP contribution is 2.46. The van der Waals surface area contributed by atoms with Gasteiger partial charge in [-0.3, -0.25) is 0 Å². The zero-order valence-electron chi connectivity index (χ0n) is 10.9. The molecule has 0 radical (unpaired) electrons. The third kappa shape index (κ3) is 3.76. The van der Waals surface area contributed by atoms with E-state index in [-0.39, 0.29) is 5.60 Å². The molecule has 0 spiro atoms. The molecule has 1 rings (SSSR count). The Labute approximate surface area is 94.0 Å². The van der Waals surface area contributed by atoms with Gasteiger partial charge >= 0.3 is 0 Å². The fourth-order valence-corrected chi connectivity index (χ4v) is 2.49.